The van der Waals surface area contributed by atoms with E-state index < -0.39 is 28.1 Å². The van der Waals surface area contributed by atoms with Gasteiger partial charge in [0.1, 0.15) is 12.1 Å². The van der Waals surface area contributed by atoms with Crippen molar-refractivity contribution in [3.8, 4) is 0 Å². The van der Waals surface area contributed by atoms with E-state index in [9.17, 15) is 18.0 Å². The van der Waals surface area contributed by atoms with Gasteiger partial charge in [-0.15, -0.1) is 0 Å². The average molecular weight is 417 g/mol. The largest absolute Gasteiger partial charge is 0.342 e. The van der Waals surface area contributed by atoms with Gasteiger partial charge in [-0.05, 0) is 18.4 Å². The van der Waals surface area contributed by atoms with E-state index in [2.05, 4.69) is 15.0 Å². The van der Waals surface area contributed by atoms with E-state index in [-0.39, 0.29) is 23.3 Å². The summed E-state index contributed by atoms with van der Waals surface area (Å²) in [5.41, 5.74) is 0.975. The molecule has 10 heteroatoms. The molecule has 2 amide bonds. The molecule has 3 atom stereocenters. The lowest BCUT2D eigenvalue weighted by Gasteiger charge is -2.44. The van der Waals surface area contributed by atoms with E-state index in [0.717, 1.165) is 5.56 Å². The van der Waals surface area contributed by atoms with Crippen LogP contribution in [0.15, 0.2) is 47.9 Å². The third-order valence-electron chi connectivity index (χ3n) is 5.36. The second-order valence-corrected chi connectivity index (χ2v) is 9.18. The molecule has 0 spiro atoms. The van der Waals surface area contributed by atoms with Gasteiger partial charge in [-0.3, -0.25) is 9.59 Å². The molecule has 2 aliphatic rings. The molecule has 2 N–H and O–H groups in total. The molecule has 2 fully saturated rings. The summed E-state index contributed by atoms with van der Waals surface area (Å²) in [5, 5.41) is 2.75. The van der Waals surface area contributed by atoms with Crippen LogP contribution in [0, 0.1) is 0 Å². The second-order valence-electron chi connectivity index (χ2n) is 7.52. The fraction of sp³-hybridized carbons (Fsp3) is 0.421. The Morgan fingerprint density at radius 3 is 2.69 bits per heavy atom. The van der Waals surface area contributed by atoms with Crippen molar-refractivity contribution in [1.82, 2.24) is 24.5 Å². The van der Waals surface area contributed by atoms with Crippen molar-refractivity contribution in [2.45, 2.75) is 42.4 Å². The van der Waals surface area contributed by atoms with Crippen LogP contribution < -0.4 is 10.0 Å². The minimum Gasteiger partial charge on any atom is -0.342 e. The number of amides is 2. The van der Waals surface area contributed by atoms with Gasteiger partial charge in [-0.1, -0.05) is 30.3 Å². The van der Waals surface area contributed by atoms with Crippen molar-refractivity contribution in [1.29, 1.82) is 0 Å². The number of fused-ring (bicyclic) bond motifs is 1. The van der Waals surface area contributed by atoms with Gasteiger partial charge in [0.25, 0.3) is 10.0 Å². The summed E-state index contributed by atoms with van der Waals surface area (Å²) in [7, 11) is -2.09. The normalized spacial score (nSPS) is 24.9. The van der Waals surface area contributed by atoms with E-state index in [1.54, 1.807) is 16.5 Å². The molecule has 0 radical (unpaired) electrons. The van der Waals surface area contributed by atoms with E-state index in [4.69, 9.17) is 0 Å². The number of piperazine rings is 1. The van der Waals surface area contributed by atoms with Crippen LogP contribution in [0.1, 0.15) is 18.4 Å². The predicted molar refractivity (Wildman–Crippen MR) is 104 cm³/mol. The summed E-state index contributed by atoms with van der Waals surface area (Å²) < 4.78 is 29.2. The van der Waals surface area contributed by atoms with Crippen molar-refractivity contribution < 1.29 is 18.0 Å². The van der Waals surface area contributed by atoms with E-state index >= 15 is 0 Å². The van der Waals surface area contributed by atoms with Crippen LogP contribution in [-0.2, 0) is 33.1 Å². The van der Waals surface area contributed by atoms with E-state index in [1.807, 2.05) is 30.3 Å². The average Bonchev–Trinajstić information content (AvgIpc) is 3.14. The minimum atomic E-state index is -3.78. The summed E-state index contributed by atoms with van der Waals surface area (Å²) >= 11 is 0. The van der Waals surface area contributed by atoms with Crippen molar-refractivity contribution in [3.63, 3.8) is 0 Å². The van der Waals surface area contributed by atoms with Crippen molar-refractivity contribution in [2.75, 3.05) is 6.54 Å². The smallest absolute Gasteiger partial charge is 0.259 e. The molecule has 0 unspecified atom stereocenters. The molecule has 2 aromatic rings. The summed E-state index contributed by atoms with van der Waals surface area (Å²) in [6, 6.07) is 7.83. The molecule has 29 heavy (non-hydrogen) atoms. The first kappa shape index (κ1) is 19.6. The van der Waals surface area contributed by atoms with Crippen LogP contribution >= 0.6 is 0 Å². The fourth-order valence-corrected chi connectivity index (χ4v) is 5.17. The van der Waals surface area contributed by atoms with Gasteiger partial charge in [-0.2, -0.15) is 0 Å². The standard InChI is InChI=1S/C19H23N5O4S/c1-23-11-17(20-12-23)29(27,28)22-14-7-8-24-16(10-14)18(25)21-15(19(24)26)9-13-5-3-2-4-6-13/h2-6,11-12,14-16,22H,7-10H2,1H3,(H,21,25)/t14-,15-,16+/m1/s1. The van der Waals surface area contributed by atoms with Gasteiger partial charge >= 0.3 is 0 Å². The molecule has 154 valence electrons. The van der Waals surface area contributed by atoms with Crippen molar-refractivity contribution >= 4 is 21.8 Å². The number of carbonyl (C=O) groups excluding carboxylic acids is 2. The number of sulfonamides is 1. The first-order valence-corrected chi connectivity index (χ1v) is 11.0. The third kappa shape index (κ3) is 4.03. The summed E-state index contributed by atoms with van der Waals surface area (Å²) in [5.74, 6) is -0.364. The monoisotopic (exact) mass is 417 g/mol. The minimum absolute atomic E-state index is 0.0606. The quantitative estimate of drug-likeness (QED) is 0.700. The highest BCUT2D eigenvalue weighted by Crippen LogP contribution is 2.24. The topological polar surface area (TPSA) is 113 Å². The Labute approximate surface area is 169 Å². The molecular weight excluding hydrogens is 394 g/mol. The summed E-state index contributed by atoms with van der Waals surface area (Å²) in [6.07, 6.45) is 3.95. The number of nitrogens with one attached hydrogen (secondary N) is 2. The van der Waals surface area contributed by atoms with Crippen LogP contribution in [0.5, 0.6) is 0 Å². The van der Waals surface area contributed by atoms with Crippen molar-refractivity contribution in [2.24, 2.45) is 7.05 Å². The third-order valence-corrected chi connectivity index (χ3v) is 6.77. The molecular formula is C19H23N5O4S. The van der Waals surface area contributed by atoms with Crippen LogP contribution in [0.4, 0.5) is 0 Å². The maximum absolute atomic E-state index is 12.9. The molecule has 9 nitrogen and oxygen atoms in total. The highest BCUT2D eigenvalue weighted by Gasteiger charge is 2.44. The summed E-state index contributed by atoms with van der Waals surface area (Å²) in [4.78, 5) is 31.0. The van der Waals surface area contributed by atoms with E-state index in [1.165, 1.54) is 12.5 Å². The molecule has 4 rings (SSSR count). The van der Waals surface area contributed by atoms with Gasteiger partial charge < -0.3 is 14.8 Å². The number of aromatic nitrogens is 2. The van der Waals surface area contributed by atoms with Crippen LogP contribution in [0.3, 0.4) is 0 Å². The number of nitrogens with zero attached hydrogens (tertiary/aromatic N) is 3. The molecule has 0 saturated carbocycles. The zero-order valence-electron chi connectivity index (χ0n) is 16.0. The lowest BCUT2D eigenvalue weighted by Crippen LogP contribution is -2.67. The molecule has 0 aliphatic carbocycles. The lowest BCUT2D eigenvalue weighted by atomic mass is 9.92. The number of hydrogen-bond donors (Lipinski definition) is 2. The Morgan fingerprint density at radius 1 is 1.24 bits per heavy atom. The predicted octanol–water partition coefficient (Wildman–Crippen LogP) is -0.201. The van der Waals surface area contributed by atoms with Gasteiger partial charge in [0.15, 0.2) is 5.03 Å². The Kier molecular flexibility index (Phi) is 5.13. The zero-order chi connectivity index (χ0) is 20.6. The molecule has 2 aliphatic heterocycles. The highest BCUT2D eigenvalue weighted by molar-refractivity contribution is 7.89. The number of piperidine rings is 1. The SMILES string of the molecule is Cn1cnc(S(=O)(=O)N[C@@H]2CCN3C(=O)[C@@H](Cc4ccccc4)NC(=O)[C@@H]3C2)c1. The van der Waals surface area contributed by atoms with Gasteiger partial charge in [0, 0.05) is 32.3 Å². The van der Waals surface area contributed by atoms with Crippen LogP contribution in [0.25, 0.3) is 0 Å². The molecule has 0 bridgehead atoms. The summed E-state index contributed by atoms with van der Waals surface area (Å²) in [6.45, 7) is 0.331. The Hall–Kier alpha value is -2.72. The molecule has 1 aromatic carbocycles. The first-order chi connectivity index (χ1) is 13.8. The number of rotatable bonds is 5. The number of imidazole rings is 1. The van der Waals surface area contributed by atoms with Gasteiger partial charge in [-0.25, -0.2) is 18.1 Å². The number of aryl methyl sites for hydroxylation is 1. The molecule has 2 saturated heterocycles. The van der Waals surface area contributed by atoms with Gasteiger partial charge in [0.2, 0.25) is 11.8 Å². The molecule has 1 aromatic heterocycles. The fourth-order valence-electron chi connectivity index (χ4n) is 3.91. The Bertz CT molecular complexity index is 1020. The maximum atomic E-state index is 12.9. The molecule has 3 heterocycles. The highest BCUT2D eigenvalue weighted by atomic mass is 32.2. The first-order valence-electron chi connectivity index (χ1n) is 9.48. The Morgan fingerprint density at radius 2 is 2.00 bits per heavy atom. The maximum Gasteiger partial charge on any atom is 0.259 e. The van der Waals surface area contributed by atoms with E-state index in [0.29, 0.717) is 19.4 Å². The van der Waals surface area contributed by atoms with Gasteiger partial charge in [0.05, 0.1) is 6.33 Å². The van der Waals surface area contributed by atoms with Crippen LogP contribution in [-0.4, -0.2) is 59.4 Å². The number of carbonyl (C=O) groups is 2. The number of hydrogen-bond acceptors (Lipinski definition) is 5. The van der Waals surface area contributed by atoms with Crippen molar-refractivity contribution in [3.05, 3.63) is 48.4 Å². The lowest BCUT2D eigenvalue weighted by molar-refractivity contribution is -0.151. The number of benzene rings is 1. The second kappa shape index (κ2) is 7.60. The zero-order valence-corrected chi connectivity index (χ0v) is 16.8. The van der Waals surface area contributed by atoms with Crippen LogP contribution in [0.2, 0.25) is 0 Å². The Balaban J connectivity index is 1.43.